The fourth-order valence-corrected chi connectivity index (χ4v) is 1.24. The average molecular weight is 289 g/mol. The molecule has 1 fully saturated rings. The molecule has 0 saturated carbocycles. The van der Waals surface area contributed by atoms with Gasteiger partial charge in [0.15, 0.2) is 0 Å². The van der Waals surface area contributed by atoms with E-state index >= 15 is 0 Å². The SMILES string of the molecule is [2H]c1nc(C2([2H])C([2H])([2H])N(C(=O)OC(C)(C)C)C([2H])([2H])C([2H])([2H])C2([2H])[2H])c([2H])c([2H])c1N. The van der Waals surface area contributed by atoms with Crippen molar-refractivity contribution in [3.8, 4) is 0 Å². The fourth-order valence-electron chi connectivity index (χ4n) is 1.24. The molecule has 0 aliphatic carbocycles. The van der Waals surface area contributed by atoms with Crippen LogP contribution in [0, 0.1) is 0 Å². The lowest BCUT2D eigenvalue weighted by molar-refractivity contribution is 0.0197. The Bertz CT molecular complexity index is 962. The Kier molecular flexibility index (Phi) is 1.58. The van der Waals surface area contributed by atoms with Crippen molar-refractivity contribution in [3.05, 3.63) is 24.0 Å². The van der Waals surface area contributed by atoms with Crippen molar-refractivity contribution < 1.29 is 26.0 Å². The van der Waals surface area contributed by atoms with Gasteiger partial charge in [-0.1, -0.05) is 0 Å². The highest BCUT2D eigenvalue weighted by molar-refractivity contribution is 5.68. The Morgan fingerprint density at radius 1 is 1.65 bits per heavy atom. The monoisotopic (exact) mass is 289 g/mol. The van der Waals surface area contributed by atoms with Gasteiger partial charge in [0.1, 0.15) is 5.60 Å². The second kappa shape index (κ2) is 5.69. The first-order chi connectivity index (χ1) is 14.0. The number of piperidine rings is 1. The van der Waals surface area contributed by atoms with E-state index < -0.39 is 73.0 Å². The second-order valence-corrected chi connectivity index (χ2v) is 4.90. The van der Waals surface area contributed by atoms with Crippen LogP contribution >= 0.6 is 0 Å². The van der Waals surface area contributed by atoms with Crippen molar-refractivity contribution in [1.29, 1.82) is 0 Å². The van der Waals surface area contributed by atoms with Crippen LogP contribution < -0.4 is 5.73 Å². The molecule has 0 radical (unpaired) electrons. The highest BCUT2D eigenvalue weighted by Crippen LogP contribution is 2.26. The summed E-state index contributed by atoms with van der Waals surface area (Å²) in [7, 11) is 0. The molecule has 1 aliphatic heterocycles. The number of carbonyl (C=O) groups is 1. The fraction of sp³-hybridized carbons (Fsp3) is 0.600. The molecule has 0 bridgehead atoms. The van der Waals surface area contributed by atoms with E-state index in [1.54, 1.807) is 0 Å². The lowest BCUT2D eigenvalue weighted by atomic mass is 9.94. The molecule has 5 heteroatoms. The molecular weight excluding hydrogens is 254 g/mol. The van der Waals surface area contributed by atoms with Gasteiger partial charge < -0.3 is 15.4 Å². The molecule has 1 aliphatic rings. The summed E-state index contributed by atoms with van der Waals surface area (Å²) in [6, 6.07) is -1.94. The molecule has 1 aromatic heterocycles. The second-order valence-electron chi connectivity index (χ2n) is 4.90. The molecule has 20 heavy (non-hydrogen) atoms. The molecule has 5 nitrogen and oxygen atoms in total. The Balaban J connectivity index is 2.99. The zero-order valence-corrected chi connectivity index (χ0v) is 11.3. The van der Waals surface area contributed by atoms with Crippen molar-refractivity contribution in [3.63, 3.8) is 0 Å². The predicted octanol–water partition coefficient (Wildman–Crippen LogP) is 2.78. The summed E-state index contributed by atoms with van der Waals surface area (Å²) in [5.41, 5.74) is 2.38. The Morgan fingerprint density at radius 2 is 2.40 bits per heavy atom. The number of rotatable bonds is 1. The quantitative estimate of drug-likeness (QED) is 0.863. The maximum atomic E-state index is 12.8. The van der Waals surface area contributed by atoms with E-state index in [1.807, 2.05) is 0 Å². The summed E-state index contributed by atoms with van der Waals surface area (Å²) < 4.78 is 104. The van der Waals surface area contributed by atoms with Crippen molar-refractivity contribution in [2.24, 2.45) is 0 Å². The zero-order valence-electron chi connectivity index (χ0n) is 23.3. The molecule has 1 saturated heterocycles. The Labute approximate surface area is 137 Å². The molecule has 2 N–H and O–H groups in total. The number of pyridine rings is 1. The number of hydrogen-bond donors (Lipinski definition) is 1. The third-order valence-corrected chi connectivity index (χ3v) is 2.00. The highest BCUT2D eigenvalue weighted by Gasteiger charge is 2.28. The average Bonchev–Trinajstić information content (AvgIpc) is 2.58. The summed E-state index contributed by atoms with van der Waals surface area (Å²) in [6.45, 7) is -3.25. The molecular formula is C15H23N3O2. The minimum atomic E-state index is -3.77. The van der Waals surface area contributed by atoms with E-state index in [4.69, 9.17) is 26.9 Å². The highest BCUT2D eigenvalue weighted by atomic mass is 16.6. The van der Waals surface area contributed by atoms with Gasteiger partial charge in [0.25, 0.3) is 0 Å². The van der Waals surface area contributed by atoms with Crippen LogP contribution in [0.25, 0.3) is 0 Å². The number of nitrogens with two attached hydrogens (primary N) is 1. The van der Waals surface area contributed by atoms with Gasteiger partial charge in [-0.15, -0.1) is 0 Å². The summed E-state index contributed by atoms with van der Waals surface area (Å²) in [5, 5.41) is 0. The zero-order chi connectivity index (χ0) is 25.5. The van der Waals surface area contributed by atoms with Crippen LogP contribution in [0.5, 0.6) is 0 Å². The third kappa shape index (κ3) is 3.85. The van der Waals surface area contributed by atoms with Crippen LogP contribution in [0.2, 0.25) is 0 Å². The van der Waals surface area contributed by atoms with Gasteiger partial charge in [0.05, 0.1) is 18.7 Å². The number of nitrogens with zero attached hydrogens (tertiary/aromatic N) is 2. The number of anilines is 1. The number of likely N-dealkylation sites (tertiary alicyclic amines) is 1. The lowest BCUT2D eigenvalue weighted by Gasteiger charge is -2.33. The lowest BCUT2D eigenvalue weighted by Crippen LogP contribution is -2.42. The minimum Gasteiger partial charge on any atom is -0.444 e. The van der Waals surface area contributed by atoms with Gasteiger partial charge in [-0.25, -0.2) is 4.79 Å². The van der Waals surface area contributed by atoms with Gasteiger partial charge in [0, 0.05) is 34.2 Å². The summed E-state index contributed by atoms with van der Waals surface area (Å²) >= 11 is 0. The molecule has 0 spiro atoms. The number of hydrogen-bond acceptors (Lipinski definition) is 4. The first-order valence-corrected chi connectivity index (χ1v) is 5.77. The van der Waals surface area contributed by atoms with Crippen LogP contribution in [0.3, 0.4) is 0 Å². The van der Waals surface area contributed by atoms with Crippen LogP contribution in [-0.4, -0.2) is 34.6 Å². The first kappa shape index (κ1) is 5.54. The molecule has 1 aromatic rings. The van der Waals surface area contributed by atoms with Crippen molar-refractivity contribution in [1.82, 2.24) is 9.88 Å². The van der Waals surface area contributed by atoms with Crippen molar-refractivity contribution in [2.75, 3.05) is 18.7 Å². The van der Waals surface area contributed by atoms with E-state index in [1.165, 1.54) is 20.8 Å². The minimum absolute atomic E-state index is 0.357. The van der Waals surface area contributed by atoms with Gasteiger partial charge in [0.2, 0.25) is 0 Å². The first-order valence-electron chi connectivity index (χ1n) is 11.8. The molecule has 1 unspecified atom stereocenters. The number of nitrogen functional groups attached to an aromatic ring is 1. The number of amides is 1. The Hall–Kier alpha value is -1.78. The smallest absolute Gasteiger partial charge is 0.410 e. The van der Waals surface area contributed by atoms with Gasteiger partial charge in [-0.05, 0) is 45.6 Å². The molecule has 110 valence electrons. The number of ether oxygens (including phenoxy) is 1. The van der Waals surface area contributed by atoms with Crippen molar-refractivity contribution in [2.45, 2.75) is 45.0 Å². The summed E-state index contributed by atoms with van der Waals surface area (Å²) in [5.74, 6) is -3.62. The Morgan fingerprint density at radius 3 is 3.10 bits per heavy atom. The molecule has 1 amide bonds. The van der Waals surface area contributed by atoms with E-state index in [2.05, 4.69) is 4.98 Å². The maximum absolute atomic E-state index is 12.8. The normalized spacial score (nSPS) is 42.2. The van der Waals surface area contributed by atoms with Crippen molar-refractivity contribution >= 4 is 11.8 Å². The van der Waals surface area contributed by atoms with E-state index in [0.717, 1.165) is 0 Å². The molecule has 2 rings (SSSR count). The van der Waals surface area contributed by atoms with Crippen LogP contribution in [-0.2, 0) is 4.74 Å². The number of aromatic nitrogens is 1. The summed E-state index contributed by atoms with van der Waals surface area (Å²) in [6.07, 6.45) is -10.1. The maximum Gasteiger partial charge on any atom is 0.410 e. The van der Waals surface area contributed by atoms with Gasteiger partial charge >= 0.3 is 6.09 Å². The van der Waals surface area contributed by atoms with Crippen LogP contribution in [0.1, 0.15) is 61.6 Å². The van der Waals surface area contributed by atoms with E-state index in [-0.39, 0.29) is 4.90 Å². The standard InChI is InChI=1S/C15H23N3O2/c1-15(2,3)20-14(19)18-8-4-5-11(10-18)13-7-6-12(16)9-17-13/h6-7,9,11H,4-5,8,10,16H2,1-3H3/i4D2,5D2,6D,7D,8D2,9D,10D2,11D. The topological polar surface area (TPSA) is 68.5 Å². The molecule has 0 aromatic carbocycles. The van der Waals surface area contributed by atoms with E-state index in [9.17, 15) is 4.79 Å². The molecule has 2 heterocycles. The van der Waals surface area contributed by atoms with Gasteiger partial charge in [-0.2, -0.15) is 0 Å². The van der Waals surface area contributed by atoms with E-state index in [0.29, 0.717) is 0 Å². The summed E-state index contributed by atoms with van der Waals surface area (Å²) in [4.78, 5) is 16.0. The largest absolute Gasteiger partial charge is 0.444 e. The van der Waals surface area contributed by atoms with Gasteiger partial charge in [-0.3, -0.25) is 4.98 Å². The number of carbonyl (C=O) groups excluding carboxylic acids is 1. The van der Waals surface area contributed by atoms with Crippen LogP contribution in [0.15, 0.2) is 18.3 Å². The predicted molar refractivity (Wildman–Crippen MR) is 78.4 cm³/mol. The third-order valence-electron chi connectivity index (χ3n) is 2.00. The van der Waals surface area contributed by atoms with Crippen LogP contribution in [0.4, 0.5) is 10.5 Å². The molecule has 1 atom stereocenters.